The maximum atomic E-state index is 14.3. The zero-order valence-corrected chi connectivity index (χ0v) is 21.3. The van der Waals surface area contributed by atoms with Gasteiger partial charge in [0.05, 0.1) is 17.3 Å². The van der Waals surface area contributed by atoms with E-state index in [1.807, 2.05) is 32.0 Å². The van der Waals surface area contributed by atoms with Gasteiger partial charge in [-0.05, 0) is 82.4 Å². The first-order valence-corrected chi connectivity index (χ1v) is 11.7. The Bertz CT molecular complexity index is 1420. The molecule has 9 heteroatoms. The maximum absolute atomic E-state index is 14.3. The van der Waals surface area contributed by atoms with Crippen molar-refractivity contribution in [3.05, 3.63) is 92.7 Å². The van der Waals surface area contributed by atoms with Crippen molar-refractivity contribution >= 4 is 45.5 Å². The van der Waals surface area contributed by atoms with E-state index in [1.165, 1.54) is 36.9 Å². The molecule has 0 saturated carbocycles. The second-order valence-electron chi connectivity index (χ2n) is 8.15. The Morgan fingerprint density at radius 3 is 2.47 bits per heavy atom. The molecule has 1 aliphatic heterocycles. The molecule has 3 aromatic carbocycles. The molecule has 0 atom stereocenters. The first-order valence-electron chi connectivity index (χ1n) is 10.9. The lowest BCUT2D eigenvalue weighted by Crippen LogP contribution is -2.54. The predicted molar refractivity (Wildman–Crippen MR) is 136 cm³/mol. The molecule has 4 rings (SSSR count). The summed E-state index contributed by atoms with van der Waals surface area (Å²) in [7, 11) is 1.47. The number of benzene rings is 3. The zero-order valence-electron chi connectivity index (χ0n) is 19.7. The molecule has 4 amide bonds. The van der Waals surface area contributed by atoms with Crippen molar-refractivity contribution in [2.45, 2.75) is 20.5 Å². The zero-order chi connectivity index (χ0) is 26.0. The van der Waals surface area contributed by atoms with E-state index in [0.29, 0.717) is 33.0 Å². The molecule has 0 bridgehead atoms. The van der Waals surface area contributed by atoms with Gasteiger partial charge in [-0.25, -0.2) is 14.1 Å². The van der Waals surface area contributed by atoms with Crippen LogP contribution in [0.3, 0.4) is 0 Å². The number of nitrogens with one attached hydrogen (secondary N) is 1. The number of carbonyl (C=O) groups excluding carboxylic acids is 3. The predicted octanol–water partition coefficient (Wildman–Crippen LogP) is 5.46. The van der Waals surface area contributed by atoms with Gasteiger partial charge in [-0.2, -0.15) is 0 Å². The summed E-state index contributed by atoms with van der Waals surface area (Å²) >= 11 is 3.47. The van der Waals surface area contributed by atoms with Crippen LogP contribution in [0.1, 0.15) is 22.3 Å². The van der Waals surface area contributed by atoms with Gasteiger partial charge in [-0.3, -0.25) is 14.9 Å². The number of anilines is 1. The summed E-state index contributed by atoms with van der Waals surface area (Å²) in [5, 5.41) is 2.08. The van der Waals surface area contributed by atoms with Crippen molar-refractivity contribution in [2.24, 2.45) is 0 Å². The van der Waals surface area contributed by atoms with Crippen LogP contribution in [0.15, 0.2) is 64.6 Å². The number of ether oxygens (including phenoxy) is 2. The minimum Gasteiger partial charge on any atom is -0.493 e. The van der Waals surface area contributed by atoms with Crippen LogP contribution >= 0.6 is 15.9 Å². The molecule has 184 valence electrons. The lowest BCUT2D eigenvalue weighted by atomic mass is 10.1. The average Bonchev–Trinajstić information content (AvgIpc) is 2.84. The van der Waals surface area contributed by atoms with Gasteiger partial charge in [-0.1, -0.05) is 30.3 Å². The molecule has 0 unspecified atom stereocenters. The Kier molecular flexibility index (Phi) is 7.21. The van der Waals surface area contributed by atoms with Gasteiger partial charge < -0.3 is 9.47 Å². The molecule has 1 heterocycles. The highest BCUT2D eigenvalue weighted by Gasteiger charge is 2.38. The quantitative estimate of drug-likeness (QED) is 0.324. The van der Waals surface area contributed by atoms with Crippen molar-refractivity contribution < 1.29 is 28.2 Å². The fraction of sp³-hybridized carbons (Fsp3) is 0.148. The molecule has 0 aliphatic carbocycles. The molecule has 0 spiro atoms. The third kappa shape index (κ3) is 5.01. The summed E-state index contributed by atoms with van der Waals surface area (Å²) < 4.78 is 26.3. The van der Waals surface area contributed by atoms with Crippen LogP contribution in [-0.4, -0.2) is 25.0 Å². The van der Waals surface area contributed by atoms with Crippen LogP contribution in [0.4, 0.5) is 14.9 Å². The highest BCUT2D eigenvalue weighted by molar-refractivity contribution is 9.10. The number of para-hydroxylation sites is 1. The summed E-state index contributed by atoms with van der Waals surface area (Å²) in [5.41, 5.74) is 3.16. The number of hydrogen-bond acceptors (Lipinski definition) is 5. The number of halogens is 2. The van der Waals surface area contributed by atoms with Crippen LogP contribution in [-0.2, 0) is 16.2 Å². The van der Waals surface area contributed by atoms with E-state index < -0.39 is 23.7 Å². The Labute approximate surface area is 215 Å². The summed E-state index contributed by atoms with van der Waals surface area (Å²) in [4.78, 5) is 38.5. The molecular formula is C27H22BrFN2O5. The first kappa shape index (κ1) is 25.1. The minimum atomic E-state index is -1.03. The molecule has 0 aromatic heterocycles. The molecule has 7 nitrogen and oxygen atoms in total. The molecule has 1 N–H and O–H groups in total. The lowest BCUT2D eigenvalue weighted by molar-refractivity contribution is -0.122. The summed E-state index contributed by atoms with van der Waals surface area (Å²) in [6, 6.07) is 13.6. The monoisotopic (exact) mass is 552 g/mol. The third-order valence-corrected chi connectivity index (χ3v) is 6.30. The van der Waals surface area contributed by atoms with Crippen LogP contribution in [0, 0.1) is 19.7 Å². The normalized spacial score (nSPS) is 14.8. The molecular weight excluding hydrogens is 531 g/mol. The molecule has 36 heavy (non-hydrogen) atoms. The third-order valence-electron chi connectivity index (χ3n) is 5.71. The number of urea groups is 1. The highest BCUT2D eigenvalue weighted by atomic mass is 79.9. The van der Waals surface area contributed by atoms with Crippen LogP contribution in [0.25, 0.3) is 6.08 Å². The maximum Gasteiger partial charge on any atom is 0.336 e. The van der Waals surface area contributed by atoms with Crippen LogP contribution in [0.5, 0.6) is 11.5 Å². The second kappa shape index (κ2) is 10.3. The molecule has 1 aliphatic rings. The van der Waals surface area contributed by atoms with Gasteiger partial charge in [0.25, 0.3) is 11.8 Å². The van der Waals surface area contributed by atoms with Gasteiger partial charge in [-0.15, -0.1) is 0 Å². The molecule has 1 saturated heterocycles. The number of methoxy groups -OCH3 is 1. The summed E-state index contributed by atoms with van der Waals surface area (Å²) in [6.07, 6.45) is 1.30. The van der Waals surface area contributed by atoms with Crippen LogP contribution < -0.4 is 19.7 Å². The van der Waals surface area contributed by atoms with E-state index in [-0.39, 0.29) is 11.3 Å². The number of carbonyl (C=O) groups is 3. The Hall–Kier alpha value is -3.98. The molecule has 0 radical (unpaired) electrons. The minimum absolute atomic E-state index is 0.257. The fourth-order valence-electron chi connectivity index (χ4n) is 3.69. The van der Waals surface area contributed by atoms with Gasteiger partial charge in [0.15, 0.2) is 11.5 Å². The Morgan fingerprint density at radius 2 is 1.78 bits per heavy atom. The second-order valence-corrected chi connectivity index (χ2v) is 9.00. The number of amides is 4. The Morgan fingerprint density at radius 1 is 1.03 bits per heavy atom. The van der Waals surface area contributed by atoms with Gasteiger partial charge in [0.2, 0.25) is 0 Å². The van der Waals surface area contributed by atoms with Crippen molar-refractivity contribution in [2.75, 3.05) is 12.0 Å². The number of barbiturate groups is 1. The number of nitrogens with zero attached hydrogens (tertiary/aromatic N) is 1. The number of aryl methyl sites for hydroxylation is 2. The summed E-state index contributed by atoms with van der Waals surface area (Å²) in [6.45, 7) is 4.37. The van der Waals surface area contributed by atoms with E-state index in [2.05, 4.69) is 21.2 Å². The number of imide groups is 2. The number of rotatable bonds is 6. The van der Waals surface area contributed by atoms with Crippen molar-refractivity contribution in [1.82, 2.24) is 5.32 Å². The number of hydrogen-bond donors (Lipinski definition) is 1. The smallest absolute Gasteiger partial charge is 0.336 e. The lowest BCUT2D eigenvalue weighted by Gasteiger charge is -2.26. The van der Waals surface area contributed by atoms with Crippen molar-refractivity contribution in [3.63, 3.8) is 0 Å². The van der Waals surface area contributed by atoms with E-state index in [9.17, 15) is 18.8 Å². The van der Waals surface area contributed by atoms with Crippen molar-refractivity contribution in [1.29, 1.82) is 0 Å². The standard InChI is InChI=1S/C27H22BrFN2O5/c1-15-8-9-17(10-16(15)2)14-36-24-20(28)12-18(13-23(24)35-3)11-19-25(32)30-27(34)31(26(19)33)22-7-5-4-6-21(22)29/h4-13H,14H2,1-3H3,(H,30,32,34)/b19-11-. The van der Waals surface area contributed by atoms with Gasteiger partial charge in [0, 0.05) is 0 Å². The Balaban J connectivity index is 1.64. The van der Waals surface area contributed by atoms with Gasteiger partial charge >= 0.3 is 6.03 Å². The van der Waals surface area contributed by atoms with E-state index in [1.54, 1.807) is 12.1 Å². The van der Waals surface area contributed by atoms with E-state index >= 15 is 0 Å². The topological polar surface area (TPSA) is 84.9 Å². The van der Waals surface area contributed by atoms with Crippen LogP contribution in [0.2, 0.25) is 0 Å². The molecule has 3 aromatic rings. The first-order chi connectivity index (χ1) is 17.2. The fourth-order valence-corrected chi connectivity index (χ4v) is 4.26. The highest BCUT2D eigenvalue weighted by Crippen LogP contribution is 2.38. The summed E-state index contributed by atoms with van der Waals surface area (Å²) in [5.74, 6) is -1.79. The van der Waals surface area contributed by atoms with E-state index in [4.69, 9.17) is 9.47 Å². The molecule has 1 fully saturated rings. The van der Waals surface area contributed by atoms with E-state index in [0.717, 1.165) is 17.2 Å². The van der Waals surface area contributed by atoms with Crippen molar-refractivity contribution in [3.8, 4) is 11.5 Å². The SMILES string of the molecule is COc1cc(/C=C2/C(=O)NC(=O)N(c3ccccc3F)C2=O)cc(Br)c1OCc1ccc(C)c(C)c1. The largest absolute Gasteiger partial charge is 0.493 e. The average molecular weight is 553 g/mol. The van der Waals surface area contributed by atoms with Gasteiger partial charge in [0.1, 0.15) is 18.0 Å².